The zero-order chi connectivity index (χ0) is 13.9. The van der Waals surface area contributed by atoms with E-state index in [2.05, 4.69) is 15.6 Å². The van der Waals surface area contributed by atoms with Crippen molar-refractivity contribution in [2.45, 2.75) is 18.9 Å². The Balaban J connectivity index is 0.00000161. The van der Waals surface area contributed by atoms with E-state index in [-0.39, 0.29) is 18.2 Å². The summed E-state index contributed by atoms with van der Waals surface area (Å²) in [7, 11) is 0. The molecule has 0 aliphatic carbocycles. The van der Waals surface area contributed by atoms with Crippen molar-refractivity contribution in [1.82, 2.24) is 10.3 Å². The molecule has 0 amide bonds. The Hall–Kier alpha value is -1.92. The highest BCUT2D eigenvalue weighted by atomic mass is 35.5. The number of halogens is 1. The van der Waals surface area contributed by atoms with E-state index in [0.717, 1.165) is 37.0 Å². The van der Waals surface area contributed by atoms with Crippen LogP contribution in [0.5, 0.6) is 0 Å². The summed E-state index contributed by atoms with van der Waals surface area (Å²) in [5.74, 6) is -0.0866. The molecule has 0 radical (unpaired) electrons. The van der Waals surface area contributed by atoms with Crippen LogP contribution < -0.4 is 10.6 Å². The molecule has 6 nitrogen and oxygen atoms in total. The molecule has 2 heterocycles. The third-order valence-corrected chi connectivity index (χ3v) is 3.66. The molecule has 1 saturated heterocycles. The lowest BCUT2D eigenvalue weighted by Gasteiger charge is -2.25. The first-order valence-electron chi connectivity index (χ1n) is 6.75. The number of rotatable bonds is 3. The van der Waals surface area contributed by atoms with Crippen LogP contribution in [0.2, 0.25) is 0 Å². The van der Waals surface area contributed by atoms with Crippen LogP contribution in [0.15, 0.2) is 30.5 Å². The Labute approximate surface area is 128 Å². The quantitative estimate of drug-likeness (QED) is 0.673. The summed E-state index contributed by atoms with van der Waals surface area (Å²) >= 11 is 0. The van der Waals surface area contributed by atoms with Crippen molar-refractivity contribution >= 4 is 34.7 Å². The molecule has 2 aromatic rings. The molecule has 2 N–H and O–H groups in total. The number of nitrogens with one attached hydrogen (secondary N) is 2. The van der Waals surface area contributed by atoms with Gasteiger partial charge in [-0.3, -0.25) is 0 Å². The van der Waals surface area contributed by atoms with Gasteiger partial charge in [0, 0.05) is 17.1 Å². The third kappa shape index (κ3) is 3.22. The highest BCUT2D eigenvalue weighted by Crippen LogP contribution is 2.29. The van der Waals surface area contributed by atoms with Gasteiger partial charge in [0.05, 0.1) is 5.39 Å². The minimum absolute atomic E-state index is 0. The van der Waals surface area contributed by atoms with Crippen molar-refractivity contribution in [2.75, 3.05) is 18.4 Å². The second-order valence-electron chi connectivity index (χ2n) is 4.96. The Bertz CT molecular complexity index is 644. The van der Waals surface area contributed by atoms with Gasteiger partial charge in [-0.2, -0.15) is 0 Å². The first-order chi connectivity index (χ1) is 9.75. The maximum atomic E-state index is 11.0. The van der Waals surface area contributed by atoms with E-state index in [4.69, 9.17) is 0 Å². The Morgan fingerprint density at radius 3 is 2.71 bits per heavy atom. The van der Waals surface area contributed by atoms with Crippen LogP contribution in [0.3, 0.4) is 0 Å². The molecule has 1 aromatic heterocycles. The Morgan fingerprint density at radius 2 is 2.00 bits per heavy atom. The van der Waals surface area contributed by atoms with Crippen molar-refractivity contribution in [3.8, 4) is 0 Å². The van der Waals surface area contributed by atoms with Gasteiger partial charge in [0.25, 0.3) is 0 Å². The number of pyridine rings is 1. The van der Waals surface area contributed by atoms with Crippen LogP contribution in [0.25, 0.3) is 10.8 Å². The monoisotopic (exact) mass is 308 g/mol. The molecule has 0 saturated carbocycles. The number of nitro groups is 1. The van der Waals surface area contributed by atoms with Crippen LogP contribution in [-0.4, -0.2) is 29.0 Å². The molecule has 1 aliphatic rings. The number of nitrogens with zero attached hydrogens (tertiary/aromatic N) is 2. The summed E-state index contributed by atoms with van der Waals surface area (Å²) in [6.07, 6.45) is 3.61. The maximum Gasteiger partial charge on any atom is 0.371 e. The summed E-state index contributed by atoms with van der Waals surface area (Å²) in [4.78, 5) is 14.5. The van der Waals surface area contributed by atoms with Crippen molar-refractivity contribution in [2.24, 2.45) is 0 Å². The second kappa shape index (κ2) is 6.69. The van der Waals surface area contributed by atoms with Crippen LogP contribution in [0.1, 0.15) is 12.8 Å². The topological polar surface area (TPSA) is 80.1 Å². The molecule has 21 heavy (non-hydrogen) atoms. The molecule has 7 heteroatoms. The molecule has 0 unspecified atom stereocenters. The number of aromatic nitrogens is 1. The van der Waals surface area contributed by atoms with Crippen LogP contribution in [-0.2, 0) is 0 Å². The first-order valence-corrected chi connectivity index (χ1v) is 6.75. The highest BCUT2D eigenvalue weighted by Gasteiger charge is 2.17. The lowest BCUT2D eigenvalue weighted by atomic mass is 10.0. The summed E-state index contributed by atoms with van der Waals surface area (Å²) in [6.45, 7) is 2.01. The van der Waals surface area contributed by atoms with Crippen LogP contribution >= 0.6 is 12.4 Å². The predicted molar refractivity (Wildman–Crippen MR) is 85.2 cm³/mol. The molecular formula is C14H17ClN4O2. The SMILES string of the molecule is Cl.O=[N+]([O-])c1nccc2c(NC3CCNCC3)cccc12. The normalized spacial score (nSPS) is 15.4. The lowest BCUT2D eigenvalue weighted by molar-refractivity contribution is -0.387. The van der Waals surface area contributed by atoms with Gasteiger partial charge in [-0.25, -0.2) is 0 Å². The zero-order valence-corrected chi connectivity index (χ0v) is 12.2. The van der Waals surface area contributed by atoms with Crippen LogP contribution in [0.4, 0.5) is 11.5 Å². The van der Waals surface area contributed by atoms with Gasteiger partial charge in [-0.1, -0.05) is 6.07 Å². The van der Waals surface area contributed by atoms with E-state index in [1.165, 1.54) is 6.20 Å². The van der Waals surface area contributed by atoms with Gasteiger partial charge in [-0.15, -0.1) is 12.4 Å². The number of hydrogen-bond acceptors (Lipinski definition) is 5. The summed E-state index contributed by atoms with van der Waals surface area (Å²) < 4.78 is 0. The summed E-state index contributed by atoms with van der Waals surface area (Å²) in [5, 5.41) is 19.3. The first kappa shape index (κ1) is 15.5. The smallest absolute Gasteiger partial charge is 0.371 e. The fourth-order valence-electron chi connectivity index (χ4n) is 2.65. The van der Waals surface area contributed by atoms with Crippen molar-refractivity contribution in [1.29, 1.82) is 0 Å². The van der Waals surface area contributed by atoms with E-state index in [1.54, 1.807) is 6.07 Å². The fourth-order valence-corrected chi connectivity index (χ4v) is 2.65. The molecule has 112 valence electrons. The molecule has 0 bridgehead atoms. The number of anilines is 1. The van der Waals surface area contributed by atoms with Crippen molar-refractivity contribution in [3.05, 3.63) is 40.6 Å². The molecule has 1 aromatic carbocycles. The fraction of sp³-hybridized carbons (Fsp3) is 0.357. The maximum absolute atomic E-state index is 11.0. The summed E-state index contributed by atoms with van der Waals surface area (Å²) in [6, 6.07) is 7.78. The minimum atomic E-state index is -0.434. The molecule has 3 rings (SSSR count). The van der Waals surface area contributed by atoms with Gasteiger partial charge in [-0.05, 0) is 54.0 Å². The number of hydrogen-bond donors (Lipinski definition) is 2. The number of piperidine rings is 1. The van der Waals surface area contributed by atoms with Crippen LogP contribution in [0, 0.1) is 10.1 Å². The number of benzene rings is 1. The van der Waals surface area contributed by atoms with Gasteiger partial charge >= 0.3 is 5.82 Å². The van der Waals surface area contributed by atoms with Gasteiger partial charge in [0.15, 0.2) is 0 Å². The van der Waals surface area contributed by atoms with E-state index >= 15 is 0 Å². The van der Waals surface area contributed by atoms with Gasteiger partial charge < -0.3 is 20.7 Å². The molecule has 1 aliphatic heterocycles. The average molecular weight is 309 g/mol. The van der Waals surface area contributed by atoms with E-state index < -0.39 is 4.92 Å². The van der Waals surface area contributed by atoms with E-state index in [1.807, 2.05) is 18.2 Å². The van der Waals surface area contributed by atoms with E-state index in [9.17, 15) is 10.1 Å². The molecular weight excluding hydrogens is 292 g/mol. The van der Waals surface area contributed by atoms with Gasteiger partial charge in [0.2, 0.25) is 0 Å². The minimum Gasteiger partial charge on any atom is -0.382 e. The molecule has 0 atom stereocenters. The lowest BCUT2D eigenvalue weighted by Crippen LogP contribution is -2.35. The van der Waals surface area contributed by atoms with Gasteiger partial charge in [0.1, 0.15) is 6.20 Å². The largest absolute Gasteiger partial charge is 0.382 e. The predicted octanol–water partition coefficient (Wildman–Crippen LogP) is 2.73. The van der Waals surface area contributed by atoms with E-state index in [0.29, 0.717) is 11.4 Å². The number of fused-ring (bicyclic) bond motifs is 1. The highest BCUT2D eigenvalue weighted by molar-refractivity contribution is 5.98. The third-order valence-electron chi connectivity index (χ3n) is 3.66. The summed E-state index contributed by atoms with van der Waals surface area (Å²) in [5.41, 5.74) is 0.944. The second-order valence-corrected chi connectivity index (χ2v) is 4.96. The molecule has 0 spiro atoms. The zero-order valence-electron chi connectivity index (χ0n) is 11.4. The van der Waals surface area contributed by atoms with Crippen molar-refractivity contribution < 1.29 is 4.92 Å². The van der Waals surface area contributed by atoms with Crippen molar-refractivity contribution in [3.63, 3.8) is 0 Å². The average Bonchev–Trinajstić information content (AvgIpc) is 2.48. The Morgan fingerprint density at radius 1 is 1.24 bits per heavy atom. The molecule has 1 fully saturated rings. The Kier molecular flexibility index (Phi) is 4.93. The standard InChI is InChI=1S/C14H16N4O2.ClH/c19-18(20)14-12-2-1-3-13(11(12)6-9-16-14)17-10-4-7-15-8-5-10;/h1-3,6,9-10,15,17H,4-5,7-8H2;1H.